The smallest absolute Gasteiger partial charge is 0.133 e. The number of ether oxygens (including phenoxy) is 1. The highest BCUT2D eigenvalue weighted by atomic mass is 32.2. The average Bonchev–Trinajstić information content (AvgIpc) is 2.48. The number of hydrogen-bond acceptors (Lipinski definition) is 6. The molecule has 0 saturated carbocycles. The molecule has 0 aromatic carbocycles. The topological polar surface area (TPSA) is 50.3 Å². The van der Waals surface area contributed by atoms with Crippen molar-refractivity contribution in [2.45, 2.75) is 24.4 Å². The van der Waals surface area contributed by atoms with Gasteiger partial charge >= 0.3 is 0 Å². The molecule has 1 atom stereocenters. The molecule has 0 aliphatic carbocycles. The van der Waals surface area contributed by atoms with Gasteiger partial charge in [0.2, 0.25) is 0 Å². The first kappa shape index (κ1) is 14.6. The quantitative estimate of drug-likeness (QED) is 0.483. The molecule has 2 heterocycles. The summed E-state index contributed by atoms with van der Waals surface area (Å²) >= 11 is 1.65. The largest absolute Gasteiger partial charge is 0.377 e. The second kappa shape index (κ2) is 7.67. The van der Waals surface area contributed by atoms with Crippen molar-refractivity contribution in [1.82, 2.24) is 15.3 Å². The highest BCUT2D eigenvalue weighted by Gasteiger charge is 2.24. The Morgan fingerprint density at radius 1 is 1.53 bits per heavy atom. The van der Waals surface area contributed by atoms with E-state index in [-0.39, 0.29) is 0 Å². The van der Waals surface area contributed by atoms with Crippen LogP contribution in [-0.4, -0.2) is 55.1 Å². The lowest BCUT2D eigenvalue weighted by Gasteiger charge is -2.36. The van der Waals surface area contributed by atoms with Crippen LogP contribution in [-0.2, 0) is 4.74 Å². The maximum atomic E-state index is 5.59. The van der Waals surface area contributed by atoms with Crippen molar-refractivity contribution >= 4 is 17.6 Å². The molecular weight excluding hydrogens is 260 g/mol. The van der Waals surface area contributed by atoms with E-state index in [0.717, 1.165) is 50.1 Å². The highest BCUT2D eigenvalue weighted by Crippen LogP contribution is 2.20. The second-order valence-electron chi connectivity index (χ2n) is 4.54. The van der Waals surface area contributed by atoms with Crippen LogP contribution in [0.3, 0.4) is 0 Å². The van der Waals surface area contributed by atoms with Crippen LogP contribution < -0.4 is 10.2 Å². The van der Waals surface area contributed by atoms with Crippen molar-refractivity contribution in [2.24, 2.45) is 0 Å². The van der Waals surface area contributed by atoms with Crippen LogP contribution in [0.15, 0.2) is 17.4 Å². The van der Waals surface area contributed by atoms with Gasteiger partial charge < -0.3 is 15.0 Å². The SMILES string of the molecule is CCCNCC1COCCN1c1cc(SC)ncn1. The summed E-state index contributed by atoms with van der Waals surface area (Å²) in [7, 11) is 0. The number of aromatic nitrogens is 2. The molecule has 106 valence electrons. The Balaban J connectivity index is 2.05. The van der Waals surface area contributed by atoms with E-state index in [4.69, 9.17) is 4.74 Å². The van der Waals surface area contributed by atoms with Crippen LogP contribution >= 0.6 is 11.8 Å². The summed E-state index contributed by atoms with van der Waals surface area (Å²) in [5.74, 6) is 1.01. The van der Waals surface area contributed by atoms with E-state index < -0.39 is 0 Å². The zero-order valence-corrected chi connectivity index (χ0v) is 12.4. The minimum atomic E-state index is 0.352. The summed E-state index contributed by atoms with van der Waals surface area (Å²) in [6, 6.07) is 2.41. The summed E-state index contributed by atoms with van der Waals surface area (Å²) in [6.45, 7) is 6.58. The molecule has 0 amide bonds. The molecule has 1 aromatic rings. The standard InChI is InChI=1S/C13H22N4OS/c1-3-4-14-8-11-9-18-6-5-17(11)12-7-13(19-2)16-10-15-12/h7,10-11,14H,3-6,8-9H2,1-2H3. The summed E-state index contributed by atoms with van der Waals surface area (Å²) in [4.78, 5) is 11.0. The molecule has 0 radical (unpaired) electrons. The zero-order valence-electron chi connectivity index (χ0n) is 11.6. The Bertz CT molecular complexity index is 391. The molecule has 0 spiro atoms. The zero-order chi connectivity index (χ0) is 13.5. The van der Waals surface area contributed by atoms with E-state index in [1.54, 1.807) is 18.1 Å². The van der Waals surface area contributed by atoms with Crippen molar-refractivity contribution in [2.75, 3.05) is 44.0 Å². The van der Waals surface area contributed by atoms with Gasteiger partial charge in [0.15, 0.2) is 0 Å². The maximum absolute atomic E-state index is 5.59. The fourth-order valence-electron chi connectivity index (χ4n) is 2.17. The van der Waals surface area contributed by atoms with Gasteiger partial charge in [-0.15, -0.1) is 11.8 Å². The number of hydrogen-bond donors (Lipinski definition) is 1. The molecule has 6 heteroatoms. The molecule has 0 bridgehead atoms. The van der Waals surface area contributed by atoms with Gasteiger partial charge in [-0.2, -0.15) is 0 Å². The Morgan fingerprint density at radius 3 is 3.21 bits per heavy atom. The lowest BCUT2D eigenvalue weighted by Crippen LogP contribution is -2.51. The first-order chi connectivity index (χ1) is 9.35. The van der Waals surface area contributed by atoms with Gasteiger partial charge in [-0.25, -0.2) is 9.97 Å². The third kappa shape index (κ3) is 4.06. The van der Waals surface area contributed by atoms with Crippen LogP contribution in [0.2, 0.25) is 0 Å². The van der Waals surface area contributed by atoms with Crippen molar-refractivity contribution in [3.63, 3.8) is 0 Å². The Kier molecular flexibility index (Phi) is 5.88. The van der Waals surface area contributed by atoms with Gasteiger partial charge in [0.05, 0.1) is 19.3 Å². The summed E-state index contributed by atoms with van der Waals surface area (Å²) < 4.78 is 5.59. The first-order valence-electron chi connectivity index (χ1n) is 6.76. The molecule has 1 N–H and O–H groups in total. The van der Waals surface area contributed by atoms with E-state index in [0.29, 0.717) is 6.04 Å². The van der Waals surface area contributed by atoms with Gasteiger partial charge in [0.25, 0.3) is 0 Å². The number of morpholine rings is 1. The number of anilines is 1. The van der Waals surface area contributed by atoms with E-state index >= 15 is 0 Å². The van der Waals surface area contributed by atoms with Gasteiger partial charge in [-0.05, 0) is 19.2 Å². The van der Waals surface area contributed by atoms with Gasteiger partial charge in [-0.3, -0.25) is 0 Å². The van der Waals surface area contributed by atoms with E-state index in [9.17, 15) is 0 Å². The summed E-state index contributed by atoms with van der Waals surface area (Å²) in [6.07, 6.45) is 4.83. The first-order valence-corrected chi connectivity index (χ1v) is 7.98. The fraction of sp³-hybridized carbons (Fsp3) is 0.692. The number of nitrogens with one attached hydrogen (secondary N) is 1. The van der Waals surface area contributed by atoms with Gasteiger partial charge in [-0.1, -0.05) is 6.92 Å². The van der Waals surface area contributed by atoms with E-state index in [2.05, 4.69) is 33.2 Å². The Morgan fingerprint density at radius 2 is 2.42 bits per heavy atom. The van der Waals surface area contributed by atoms with Crippen LogP contribution in [0.4, 0.5) is 5.82 Å². The van der Waals surface area contributed by atoms with Crippen LogP contribution in [0, 0.1) is 0 Å². The number of nitrogens with zero attached hydrogens (tertiary/aromatic N) is 3. The number of thioether (sulfide) groups is 1. The van der Waals surface area contributed by atoms with Gasteiger partial charge in [0.1, 0.15) is 17.2 Å². The van der Waals surface area contributed by atoms with Crippen LogP contribution in [0.1, 0.15) is 13.3 Å². The number of rotatable bonds is 6. The summed E-state index contributed by atoms with van der Waals surface area (Å²) in [5.41, 5.74) is 0. The molecule has 1 fully saturated rings. The van der Waals surface area contributed by atoms with Gasteiger partial charge in [0, 0.05) is 19.2 Å². The lowest BCUT2D eigenvalue weighted by molar-refractivity contribution is 0.0933. The normalized spacial score (nSPS) is 19.7. The predicted molar refractivity (Wildman–Crippen MR) is 78.9 cm³/mol. The highest BCUT2D eigenvalue weighted by molar-refractivity contribution is 7.98. The minimum Gasteiger partial charge on any atom is -0.377 e. The van der Waals surface area contributed by atoms with Crippen molar-refractivity contribution < 1.29 is 4.74 Å². The van der Waals surface area contributed by atoms with E-state index in [1.165, 1.54) is 0 Å². The van der Waals surface area contributed by atoms with Crippen molar-refractivity contribution in [1.29, 1.82) is 0 Å². The Hall–Kier alpha value is -0.850. The molecular formula is C13H22N4OS. The van der Waals surface area contributed by atoms with Crippen LogP contribution in [0.25, 0.3) is 0 Å². The molecule has 2 rings (SSSR count). The third-order valence-electron chi connectivity index (χ3n) is 3.17. The minimum absolute atomic E-state index is 0.352. The Labute approximate surface area is 119 Å². The summed E-state index contributed by atoms with van der Waals surface area (Å²) in [5, 5.41) is 4.47. The molecule has 1 aromatic heterocycles. The monoisotopic (exact) mass is 282 g/mol. The maximum Gasteiger partial charge on any atom is 0.133 e. The molecule has 1 saturated heterocycles. The van der Waals surface area contributed by atoms with E-state index in [1.807, 2.05) is 6.26 Å². The predicted octanol–water partition coefficient (Wildman–Crippen LogP) is 1.40. The molecule has 5 nitrogen and oxygen atoms in total. The van der Waals surface area contributed by atoms with Crippen molar-refractivity contribution in [3.05, 3.63) is 12.4 Å². The average molecular weight is 282 g/mol. The molecule has 1 aliphatic heterocycles. The molecule has 19 heavy (non-hydrogen) atoms. The fourth-order valence-corrected chi connectivity index (χ4v) is 2.55. The second-order valence-corrected chi connectivity index (χ2v) is 5.37. The lowest BCUT2D eigenvalue weighted by atomic mass is 10.2. The molecule has 1 aliphatic rings. The van der Waals surface area contributed by atoms with Crippen LogP contribution in [0.5, 0.6) is 0 Å². The van der Waals surface area contributed by atoms with Crippen molar-refractivity contribution in [3.8, 4) is 0 Å². The molecule has 1 unspecified atom stereocenters. The third-order valence-corrected chi connectivity index (χ3v) is 3.81.